The van der Waals surface area contributed by atoms with Crippen LogP contribution in [0.25, 0.3) is 0 Å². The first-order chi connectivity index (χ1) is 9.69. The van der Waals surface area contributed by atoms with Crippen LogP contribution in [0, 0.1) is 0 Å². The number of aromatic nitrogens is 2. The summed E-state index contributed by atoms with van der Waals surface area (Å²) in [6.07, 6.45) is 4.52. The van der Waals surface area contributed by atoms with Crippen LogP contribution in [0.2, 0.25) is 0 Å². The standard InChI is InChI=1S/C14H25N5O.2ClH/c1-3-18(12-13-10-16-17(2)11-13)7-4-14(20)19-8-5-15-6-9-19;;/h10-11,15H,3-9,12H2,1-2H3;2*1H. The van der Waals surface area contributed by atoms with Crippen molar-refractivity contribution in [3.63, 3.8) is 0 Å². The van der Waals surface area contributed by atoms with Crippen molar-refractivity contribution in [2.75, 3.05) is 39.3 Å². The molecule has 0 saturated carbocycles. The molecule has 2 heterocycles. The zero-order valence-corrected chi connectivity index (χ0v) is 15.0. The van der Waals surface area contributed by atoms with Crippen LogP contribution in [0.3, 0.4) is 0 Å². The molecule has 0 spiro atoms. The molecular formula is C14H27Cl2N5O. The maximum atomic E-state index is 12.1. The minimum absolute atomic E-state index is 0. The molecule has 1 aromatic rings. The molecule has 1 aliphatic heterocycles. The SMILES string of the molecule is CCN(CCC(=O)N1CCNCC1)Cc1cnn(C)c1.Cl.Cl. The van der Waals surface area contributed by atoms with E-state index in [-0.39, 0.29) is 30.7 Å². The largest absolute Gasteiger partial charge is 0.340 e. The third kappa shape index (κ3) is 6.52. The van der Waals surface area contributed by atoms with E-state index in [1.165, 1.54) is 5.56 Å². The number of hydrogen-bond acceptors (Lipinski definition) is 4. The van der Waals surface area contributed by atoms with E-state index in [1.807, 2.05) is 29.0 Å². The quantitative estimate of drug-likeness (QED) is 0.827. The Balaban J connectivity index is 0.00000220. The second-order valence-electron chi connectivity index (χ2n) is 5.27. The molecule has 0 bridgehead atoms. The molecule has 1 fully saturated rings. The maximum Gasteiger partial charge on any atom is 0.223 e. The fourth-order valence-electron chi connectivity index (χ4n) is 2.49. The van der Waals surface area contributed by atoms with Gasteiger partial charge in [0.1, 0.15) is 0 Å². The molecule has 1 aromatic heterocycles. The Labute approximate surface area is 145 Å². The van der Waals surface area contributed by atoms with Crippen LogP contribution in [-0.4, -0.2) is 64.8 Å². The van der Waals surface area contributed by atoms with Crippen molar-refractivity contribution in [1.29, 1.82) is 0 Å². The molecule has 0 radical (unpaired) electrons. The van der Waals surface area contributed by atoms with Gasteiger partial charge in [0.2, 0.25) is 5.91 Å². The van der Waals surface area contributed by atoms with Gasteiger partial charge in [0.15, 0.2) is 0 Å². The van der Waals surface area contributed by atoms with Crippen LogP contribution in [0.15, 0.2) is 12.4 Å². The minimum Gasteiger partial charge on any atom is -0.340 e. The smallest absolute Gasteiger partial charge is 0.223 e. The number of carbonyl (C=O) groups is 1. The van der Waals surface area contributed by atoms with Gasteiger partial charge < -0.3 is 10.2 Å². The second-order valence-corrected chi connectivity index (χ2v) is 5.27. The lowest BCUT2D eigenvalue weighted by atomic mass is 10.2. The van der Waals surface area contributed by atoms with Crippen molar-refractivity contribution in [3.8, 4) is 0 Å². The molecule has 2 rings (SSSR count). The summed E-state index contributed by atoms with van der Waals surface area (Å²) in [5, 5.41) is 7.45. The Hall–Kier alpha value is -0.820. The van der Waals surface area contributed by atoms with Gasteiger partial charge in [-0.1, -0.05) is 6.92 Å². The molecule has 0 atom stereocenters. The van der Waals surface area contributed by atoms with Crippen LogP contribution < -0.4 is 5.32 Å². The Kier molecular flexibility index (Phi) is 10.4. The zero-order valence-electron chi connectivity index (χ0n) is 13.3. The average Bonchev–Trinajstić information content (AvgIpc) is 2.89. The van der Waals surface area contributed by atoms with Crippen LogP contribution in [0.1, 0.15) is 18.9 Å². The number of nitrogens with zero attached hydrogens (tertiary/aromatic N) is 4. The normalized spacial score (nSPS) is 14.4. The molecule has 0 unspecified atom stereocenters. The van der Waals surface area contributed by atoms with Crippen LogP contribution in [-0.2, 0) is 18.4 Å². The van der Waals surface area contributed by atoms with E-state index in [2.05, 4.69) is 22.2 Å². The van der Waals surface area contributed by atoms with E-state index >= 15 is 0 Å². The highest BCUT2D eigenvalue weighted by Gasteiger charge is 2.16. The van der Waals surface area contributed by atoms with Crippen molar-refractivity contribution in [2.24, 2.45) is 7.05 Å². The molecular weight excluding hydrogens is 325 g/mol. The molecule has 1 amide bonds. The van der Waals surface area contributed by atoms with E-state index in [0.29, 0.717) is 6.42 Å². The molecule has 6 nitrogen and oxygen atoms in total. The van der Waals surface area contributed by atoms with E-state index in [0.717, 1.165) is 45.8 Å². The van der Waals surface area contributed by atoms with E-state index < -0.39 is 0 Å². The lowest BCUT2D eigenvalue weighted by molar-refractivity contribution is -0.132. The average molecular weight is 352 g/mol. The molecule has 1 saturated heterocycles. The number of piperazine rings is 1. The van der Waals surface area contributed by atoms with Crippen LogP contribution in [0.5, 0.6) is 0 Å². The maximum absolute atomic E-state index is 12.1. The summed E-state index contributed by atoms with van der Waals surface area (Å²) < 4.78 is 1.81. The van der Waals surface area contributed by atoms with Crippen molar-refractivity contribution in [2.45, 2.75) is 19.9 Å². The third-order valence-corrected chi connectivity index (χ3v) is 3.72. The molecule has 22 heavy (non-hydrogen) atoms. The Bertz CT molecular complexity index is 435. The summed E-state index contributed by atoms with van der Waals surface area (Å²) in [6, 6.07) is 0. The third-order valence-electron chi connectivity index (χ3n) is 3.72. The summed E-state index contributed by atoms with van der Waals surface area (Å²) in [7, 11) is 1.92. The summed E-state index contributed by atoms with van der Waals surface area (Å²) in [4.78, 5) is 16.4. The summed E-state index contributed by atoms with van der Waals surface area (Å²) in [5.41, 5.74) is 1.20. The highest BCUT2D eigenvalue weighted by molar-refractivity contribution is 5.85. The Morgan fingerprint density at radius 3 is 2.59 bits per heavy atom. The molecule has 1 aliphatic rings. The number of halogens is 2. The number of rotatable bonds is 6. The van der Waals surface area contributed by atoms with E-state index in [9.17, 15) is 4.79 Å². The number of carbonyl (C=O) groups excluding carboxylic acids is 1. The van der Waals surface area contributed by atoms with Crippen molar-refractivity contribution >= 4 is 30.7 Å². The molecule has 0 aliphatic carbocycles. The minimum atomic E-state index is 0. The number of aryl methyl sites for hydroxylation is 1. The number of hydrogen-bond donors (Lipinski definition) is 1. The molecule has 1 N–H and O–H groups in total. The predicted octanol–water partition coefficient (Wildman–Crippen LogP) is 0.907. The fraction of sp³-hybridized carbons (Fsp3) is 0.714. The van der Waals surface area contributed by atoms with Gasteiger partial charge in [-0.15, -0.1) is 24.8 Å². The van der Waals surface area contributed by atoms with Gasteiger partial charge in [0.05, 0.1) is 6.20 Å². The fourth-order valence-corrected chi connectivity index (χ4v) is 2.49. The van der Waals surface area contributed by atoms with Gasteiger partial charge >= 0.3 is 0 Å². The highest BCUT2D eigenvalue weighted by atomic mass is 35.5. The molecule has 0 aromatic carbocycles. The Morgan fingerprint density at radius 2 is 2.05 bits per heavy atom. The zero-order chi connectivity index (χ0) is 14.4. The molecule has 128 valence electrons. The topological polar surface area (TPSA) is 53.4 Å². The van der Waals surface area contributed by atoms with Crippen molar-refractivity contribution < 1.29 is 4.79 Å². The number of nitrogens with one attached hydrogen (secondary N) is 1. The predicted molar refractivity (Wildman–Crippen MR) is 92.7 cm³/mol. The van der Waals surface area contributed by atoms with Gasteiger partial charge in [-0.05, 0) is 6.54 Å². The van der Waals surface area contributed by atoms with Gasteiger partial charge in [-0.25, -0.2) is 0 Å². The van der Waals surface area contributed by atoms with Crippen molar-refractivity contribution in [1.82, 2.24) is 24.9 Å². The lowest BCUT2D eigenvalue weighted by Gasteiger charge is -2.28. The summed E-state index contributed by atoms with van der Waals surface area (Å²) >= 11 is 0. The van der Waals surface area contributed by atoms with Crippen LogP contribution >= 0.6 is 24.8 Å². The van der Waals surface area contributed by atoms with Gasteiger partial charge in [-0.2, -0.15) is 5.10 Å². The van der Waals surface area contributed by atoms with Gasteiger partial charge in [0, 0.05) is 64.5 Å². The first-order valence-corrected chi connectivity index (χ1v) is 7.37. The molecule has 8 heteroatoms. The second kappa shape index (κ2) is 10.8. The van der Waals surface area contributed by atoms with E-state index in [1.54, 1.807) is 0 Å². The Morgan fingerprint density at radius 1 is 1.36 bits per heavy atom. The summed E-state index contributed by atoms with van der Waals surface area (Å²) in [6.45, 7) is 8.27. The highest BCUT2D eigenvalue weighted by Crippen LogP contribution is 2.05. The first kappa shape index (κ1) is 21.2. The van der Waals surface area contributed by atoms with Gasteiger partial charge in [-0.3, -0.25) is 14.4 Å². The van der Waals surface area contributed by atoms with E-state index in [4.69, 9.17) is 0 Å². The lowest BCUT2D eigenvalue weighted by Crippen LogP contribution is -2.47. The first-order valence-electron chi connectivity index (χ1n) is 7.37. The van der Waals surface area contributed by atoms with Crippen molar-refractivity contribution in [3.05, 3.63) is 18.0 Å². The number of amides is 1. The van der Waals surface area contributed by atoms with Gasteiger partial charge in [0.25, 0.3) is 0 Å². The monoisotopic (exact) mass is 351 g/mol. The summed E-state index contributed by atoms with van der Waals surface area (Å²) in [5.74, 6) is 0.274. The van der Waals surface area contributed by atoms with Crippen LogP contribution in [0.4, 0.5) is 0 Å².